The lowest BCUT2D eigenvalue weighted by atomic mass is 9.53. The minimum absolute atomic E-state index is 0.0120. The molecule has 4 heteroatoms. The molecule has 4 saturated carbocycles. The van der Waals surface area contributed by atoms with Gasteiger partial charge in [0.05, 0.1) is 12.5 Å². The Bertz CT molecular complexity index is 502. The third-order valence-corrected chi connectivity index (χ3v) is 5.92. The molecular weight excluding hydrogens is 276 g/mol. The van der Waals surface area contributed by atoms with E-state index in [9.17, 15) is 4.79 Å². The molecule has 4 bridgehead atoms. The number of carbonyl (C=O) groups excluding carboxylic acids is 1. The first-order valence-electron chi connectivity index (χ1n) is 8.70. The van der Waals surface area contributed by atoms with Crippen LogP contribution in [0.25, 0.3) is 0 Å². The van der Waals surface area contributed by atoms with Gasteiger partial charge in [0.25, 0.3) is 0 Å². The largest absolute Gasteiger partial charge is 0.472 e. The summed E-state index contributed by atoms with van der Waals surface area (Å²) in [6.45, 7) is 2.05. The summed E-state index contributed by atoms with van der Waals surface area (Å²) in [5.41, 5.74) is 1.22. The number of hydrogen-bond donors (Lipinski definition) is 2. The molecule has 1 heterocycles. The Morgan fingerprint density at radius 2 is 1.91 bits per heavy atom. The van der Waals surface area contributed by atoms with Gasteiger partial charge in [-0.15, -0.1) is 0 Å². The molecule has 4 fully saturated rings. The van der Waals surface area contributed by atoms with Crippen LogP contribution in [0.2, 0.25) is 0 Å². The monoisotopic (exact) mass is 302 g/mol. The van der Waals surface area contributed by atoms with Crippen molar-refractivity contribution >= 4 is 6.03 Å². The Hall–Kier alpha value is -1.45. The van der Waals surface area contributed by atoms with Crippen molar-refractivity contribution in [1.82, 2.24) is 10.6 Å². The Morgan fingerprint density at radius 3 is 2.45 bits per heavy atom. The van der Waals surface area contributed by atoms with Gasteiger partial charge in [0.15, 0.2) is 0 Å². The Balaban J connectivity index is 1.34. The summed E-state index contributed by atoms with van der Waals surface area (Å²) in [7, 11) is 0. The normalized spacial score (nSPS) is 37.0. The molecule has 120 valence electrons. The van der Waals surface area contributed by atoms with Crippen LogP contribution in [-0.4, -0.2) is 17.6 Å². The zero-order valence-corrected chi connectivity index (χ0v) is 13.3. The van der Waals surface area contributed by atoms with Crippen molar-refractivity contribution in [3.63, 3.8) is 0 Å². The highest BCUT2D eigenvalue weighted by Gasteiger charge is 2.51. The van der Waals surface area contributed by atoms with E-state index in [1.54, 1.807) is 12.5 Å². The molecule has 4 aliphatic carbocycles. The second-order valence-electron chi connectivity index (χ2n) is 8.03. The first-order valence-corrected chi connectivity index (χ1v) is 8.70. The van der Waals surface area contributed by atoms with Crippen molar-refractivity contribution in [1.29, 1.82) is 0 Å². The van der Waals surface area contributed by atoms with Crippen molar-refractivity contribution in [2.75, 3.05) is 0 Å². The fourth-order valence-corrected chi connectivity index (χ4v) is 5.58. The maximum atomic E-state index is 12.4. The smallest absolute Gasteiger partial charge is 0.315 e. The zero-order valence-electron chi connectivity index (χ0n) is 13.3. The molecule has 0 radical (unpaired) electrons. The van der Waals surface area contributed by atoms with E-state index in [1.165, 1.54) is 38.5 Å². The molecule has 5 rings (SSSR count). The molecule has 0 spiro atoms. The third-order valence-electron chi connectivity index (χ3n) is 5.92. The molecule has 22 heavy (non-hydrogen) atoms. The van der Waals surface area contributed by atoms with Crippen molar-refractivity contribution in [2.45, 2.75) is 63.5 Å². The van der Waals surface area contributed by atoms with Gasteiger partial charge in [-0.3, -0.25) is 0 Å². The lowest BCUT2D eigenvalue weighted by Crippen LogP contribution is -2.62. The van der Waals surface area contributed by atoms with Crippen LogP contribution in [0.5, 0.6) is 0 Å². The summed E-state index contributed by atoms with van der Waals surface area (Å²) in [5.74, 6) is 2.57. The molecule has 4 nitrogen and oxygen atoms in total. The molecule has 2 N–H and O–H groups in total. The maximum absolute atomic E-state index is 12.4. The number of carbonyl (C=O) groups is 1. The maximum Gasteiger partial charge on any atom is 0.315 e. The minimum atomic E-state index is 0.0120. The number of furan rings is 1. The topological polar surface area (TPSA) is 54.3 Å². The van der Waals surface area contributed by atoms with Crippen molar-refractivity contribution in [3.05, 3.63) is 24.2 Å². The number of rotatable bonds is 4. The van der Waals surface area contributed by atoms with Gasteiger partial charge in [-0.25, -0.2) is 4.79 Å². The van der Waals surface area contributed by atoms with E-state index in [2.05, 4.69) is 10.6 Å². The summed E-state index contributed by atoms with van der Waals surface area (Å²) in [5, 5.41) is 6.46. The van der Waals surface area contributed by atoms with Crippen LogP contribution >= 0.6 is 0 Å². The lowest BCUT2D eigenvalue weighted by Gasteiger charge is -2.56. The minimum Gasteiger partial charge on any atom is -0.472 e. The SMILES string of the molecule is CC(Cc1ccoc1)NC(=O)NC12CC3CC(CC(C3)C1)C2. The molecule has 0 aromatic carbocycles. The van der Waals surface area contributed by atoms with E-state index >= 15 is 0 Å². The van der Waals surface area contributed by atoms with E-state index in [1.807, 2.05) is 13.0 Å². The third kappa shape index (κ3) is 2.75. The quantitative estimate of drug-likeness (QED) is 0.894. The summed E-state index contributed by atoms with van der Waals surface area (Å²) < 4.78 is 5.08. The van der Waals surface area contributed by atoms with Crippen LogP contribution in [0.3, 0.4) is 0 Å². The molecule has 1 unspecified atom stereocenters. The van der Waals surface area contributed by atoms with Crippen LogP contribution in [0.4, 0.5) is 4.79 Å². The number of nitrogens with one attached hydrogen (secondary N) is 2. The van der Waals surface area contributed by atoms with Gasteiger partial charge in [-0.2, -0.15) is 0 Å². The average Bonchev–Trinajstić information content (AvgIpc) is 2.88. The van der Waals surface area contributed by atoms with E-state index in [0.717, 1.165) is 29.7 Å². The number of urea groups is 1. The zero-order chi connectivity index (χ0) is 15.2. The van der Waals surface area contributed by atoms with Gasteiger partial charge in [-0.05, 0) is 81.3 Å². The highest BCUT2D eigenvalue weighted by Crippen LogP contribution is 2.55. The second kappa shape index (κ2) is 5.32. The van der Waals surface area contributed by atoms with Crippen molar-refractivity contribution in [3.8, 4) is 0 Å². The summed E-state index contributed by atoms with van der Waals surface area (Å²) >= 11 is 0. The molecule has 1 atom stereocenters. The molecule has 1 aromatic rings. The van der Waals surface area contributed by atoms with E-state index in [4.69, 9.17) is 4.42 Å². The molecule has 4 aliphatic rings. The molecular formula is C18H26N2O2. The molecule has 0 saturated heterocycles. The van der Waals surface area contributed by atoms with Gasteiger partial charge in [-0.1, -0.05) is 0 Å². The first-order chi connectivity index (χ1) is 10.6. The fraction of sp³-hybridized carbons (Fsp3) is 0.722. The van der Waals surface area contributed by atoms with Crippen LogP contribution in [-0.2, 0) is 6.42 Å². The highest BCUT2D eigenvalue weighted by molar-refractivity contribution is 5.75. The summed E-state index contributed by atoms with van der Waals surface area (Å²) in [4.78, 5) is 12.4. The Labute approximate surface area is 132 Å². The van der Waals surface area contributed by atoms with E-state index in [0.29, 0.717) is 0 Å². The van der Waals surface area contributed by atoms with E-state index in [-0.39, 0.29) is 17.6 Å². The van der Waals surface area contributed by atoms with Crippen LogP contribution in [0.1, 0.15) is 51.0 Å². The highest BCUT2D eigenvalue weighted by atomic mass is 16.3. The second-order valence-corrected chi connectivity index (χ2v) is 8.03. The van der Waals surface area contributed by atoms with E-state index < -0.39 is 0 Å². The summed E-state index contributed by atoms with van der Waals surface area (Å²) in [6, 6.07) is 2.08. The first kappa shape index (κ1) is 14.2. The molecule has 0 aliphatic heterocycles. The molecule has 2 amide bonds. The van der Waals surface area contributed by atoms with Gasteiger partial charge >= 0.3 is 6.03 Å². The number of amides is 2. The predicted molar refractivity (Wildman–Crippen MR) is 84.4 cm³/mol. The van der Waals surface area contributed by atoms with Crippen LogP contribution in [0, 0.1) is 17.8 Å². The standard InChI is InChI=1S/C18H26N2O2/c1-12(4-13-2-3-22-11-13)19-17(21)20-18-8-14-5-15(9-18)7-16(6-14)10-18/h2-3,11-12,14-16H,4-10H2,1H3,(H2,19,20,21). The summed E-state index contributed by atoms with van der Waals surface area (Å²) in [6.07, 6.45) is 12.0. The van der Waals surface area contributed by atoms with Gasteiger partial charge < -0.3 is 15.1 Å². The molecule has 1 aromatic heterocycles. The fourth-order valence-electron chi connectivity index (χ4n) is 5.58. The number of hydrogen-bond acceptors (Lipinski definition) is 2. The van der Waals surface area contributed by atoms with Gasteiger partial charge in [0, 0.05) is 11.6 Å². The lowest BCUT2D eigenvalue weighted by molar-refractivity contribution is -0.0136. The van der Waals surface area contributed by atoms with Crippen molar-refractivity contribution < 1.29 is 9.21 Å². The Morgan fingerprint density at radius 1 is 1.27 bits per heavy atom. The Kier molecular flexibility index (Phi) is 3.43. The van der Waals surface area contributed by atoms with Crippen LogP contribution < -0.4 is 10.6 Å². The van der Waals surface area contributed by atoms with Crippen LogP contribution in [0.15, 0.2) is 23.0 Å². The average molecular weight is 302 g/mol. The van der Waals surface area contributed by atoms with Gasteiger partial charge in [0.1, 0.15) is 0 Å². The predicted octanol–water partition coefficient (Wildman–Crippen LogP) is 3.48. The van der Waals surface area contributed by atoms with Gasteiger partial charge in [0.2, 0.25) is 0 Å². The van der Waals surface area contributed by atoms with Crippen molar-refractivity contribution in [2.24, 2.45) is 17.8 Å².